The Morgan fingerprint density at radius 1 is 0.923 bits per heavy atom. The van der Waals surface area contributed by atoms with Crippen LogP contribution in [0.25, 0.3) is 5.57 Å². The Kier molecular flexibility index (Phi) is 9.03. The summed E-state index contributed by atoms with van der Waals surface area (Å²) in [6.07, 6.45) is 2.72. The van der Waals surface area contributed by atoms with E-state index in [0.29, 0.717) is 35.1 Å². The molecular formula is C28H26Cl3N3O4S. The first kappa shape index (κ1) is 29.1. The van der Waals surface area contributed by atoms with Crippen LogP contribution in [0.5, 0.6) is 0 Å². The molecule has 0 radical (unpaired) electrons. The number of hydrogen-bond acceptors (Lipinski definition) is 4. The lowest BCUT2D eigenvalue weighted by molar-refractivity contribution is 0.0772. The number of sulfonamides is 1. The highest BCUT2D eigenvalue weighted by molar-refractivity contribution is 7.89. The molecule has 0 atom stereocenters. The van der Waals surface area contributed by atoms with E-state index in [0.717, 1.165) is 21.0 Å². The van der Waals surface area contributed by atoms with Gasteiger partial charge in [0.05, 0.1) is 25.5 Å². The quantitative estimate of drug-likeness (QED) is 0.371. The van der Waals surface area contributed by atoms with Crippen molar-refractivity contribution in [1.82, 2.24) is 14.5 Å². The van der Waals surface area contributed by atoms with Crippen molar-refractivity contribution in [3.8, 4) is 0 Å². The molecule has 3 aromatic carbocycles. The SMILES string of the molecule is CN(C)S(=O)(=O)c1ccc(Cl)c(C(=O)NCc2ccc(C(=O)N3CC=C(c4ccc(Cl)c(Cl)c4)CC3)cc2)c1. The van der Waals surface area contributed by atoms with Crippen molar-refractivity contribution < 1.29 is 18.0 Å². The molecule has 0 saturated carbocycles. The van der Waals surface area contributed by atoms with Crippen molar-refractivity contribution in [3.63, 3.8) is 0 Å². The predicted molar refractivity (Wildman–Crippen MR) is 155 cm³/mol. The molecule has 1 aliphatic heterocycles. The van der Waals surface area contributed by atoms with Crippen molar-refractivity contribution in [3.05, 3.63) is 104 Å². The summed E-state index contributed by atoms with van der Waals surface area (Å²) in [7, 11) is -0.891. The number of carbonyl (C=O) groups excluding carboxylic acids is 2. The Morgan fingerprint density at radius 3 is 2.23 bits per heavy atom. The van der Waals surface area contributed by atoms with E-state index in [9.17, 15) is 18.0 Å². The van der Waals surface area contributed by atoms with E-state index < -0.39 is 15.9 Å². The summed E-state index contributed by atoms with van der Waals surface area (Å²) in [6, 6.07) is 16.5. The molecule has 2 amide bonds. The molecule has 3 aromatic rings. The van der Waals surface area contributed by atoms with E-state index in [1.165, 1.54) is 32.3 Å². The van der Waals surface area contributed by atoms with Gasteiger partial charge < -0.3 is 10.2 Å². The first-order valence-corrected chi connectivity index (χ1v) is 14.6. The lowest BCUT2D eigenvalue weighted by atomic mass is 9.99. The predicted octanol–water partition coefficient (Wildman–Crippen LogP) is 5.76. The fourth-order valence-electron chi connectivity index (χ4n) is 4.09. The minimum Gasteiger partial charge on any atom is -0.348 e. The molecule has 0 saturated heterocycles. The Balaban J connectivity index is 1.37. The molecule has 11 heteroatoms. The molecule has 0 spiro atoms. The molecule has 4 rings (SSSR count). The standard InChI is InChI=1S/C28H26Cl3N3O4S/c1-33(2)39(37,38)22-8-10-24(29)23(16-22)27(35)32-17-18-3-5-20(6-4-18)28(36)34-13-11-19(12-14-34)21-7-9-25(30)26(31)15-21/h3-11,15-16H,12-14,17H2,1-2H3,(H,32,35). The highest BCUT2D eigenvalue weighted by Gasteiger charge is 2.22. The van der Waals surface area contributed by atoms with Crippen molar-refractivity contribution in [2.75, 3.05) is 27.2 Å². The van der Waals surface area contributed by atoms with E-state index in [1.807, 2.05) is 18.2 Å². The van der Waals surface area contributed by atoms with Gasteiger partial charge in [0, 0.05) is 39.3 Å². The third-order valence-electron chi connectivity index (χ3n) is 6.40. The largest absolute Gasteiger partial charge is 0.348 e. The topological polar surface area (TPSA) is 86.8 Å². The van der Waals surface area contributed by atoms with Crippen LogP contribution >= 0.6 is 34.8 Å². The number of carbonyl (C=O) groups is 2. The fourth-order valence-corrected chi connectivity index (χ4v) is 5.52. The minimum absolute atomic E-state index is 0.0263. The monoisotopic (exact) mass is 605 g/mol. The van der Waals surface area contributed by atoms with Crippen LogP contribution in [-0.2, 0) is 16.6 Å². The van der Waals surface area contributed by atoms with E-state index in [1.54, 1.807) is 35.2 Å². The van der Waals surface area contributed by atoms with Crippen molar-refractivity contribution in [2.24, 2.45) is 0 Å². The maximum Gasteiger partial charge on any atom is 0.254 e. The molecular weight excluding hydrogens is 581 g/mol. The summed E-state index contributed by atoms with van der Waals surface area (Å²) in [5, 5.41) is 3.90. The molecule has 204 valence electrons. The van der Waals surface area contributed by atoms with Gasteiger partial charge in [0.2, 0.25) is 10.0 Å². The van der Waals surface area contributed by atoms with E-state index >= 15 is 0 Å². The molecule has 39 heavy (non-hydrogen) atoms. The van der Waals surface area contributed by atoms with Crippen LogP contribution in [-0.4, -0.2) is 56.6 Å². The summed E-state index contributed by atoms with van der Waals surface area (Å²) in [5.74, 6) is -0.588. The van der Waals surface area contributed by atoms with Gasteiger partial charge in [-0.05, 0) is 65.6 Å². The normalized spacial score (nSPS) is 13.8. The van der Waals surface area contributed by atoms with Gasteiger partial charge in [-0.25, -0.2) is 12.7 Å². The Bertz CT molecular complexity index is 1550. The van der Waals surface area contributed by atoms with Crippen LogP contribution in [0.4, 0.5) is 0 Å². The van der Waals surface area contributed by atoms with Gasteiger partial charge in [-0.3, -0.25) is 9.59 Å². The second-order valence-corrected chi connectivity index (χ2v) is 12.5. The first-order valence-electron chi connectivity index (χ1n) is 12.0. The first-order chi connectivity index (χ1) is 18.5. The molecule has 0 fully saturated rings. The zero-order valence-corrected chi connectivity index (χ0v) is 24.3. The second kappa shape index (κ2) is 12.1. The van der Waals surface area contributed by atoms with Crippen LogP contribution in [0.2, 0.25) is 15.1 Å². The fraction of sp³-hybridized carbons (Fsp3) is 0.214. The smallest absolute Gasteiger partial charge is 0.254 e. The van der Waals surface area contributed by atoms with Crippen LogP contribution in [0, 0.1) is 0 Å². The summed E-state index contributed by atoms with van der Waals surface area (Å²) in [5.41, 5.74) is 3.49. The molecule has 1 heterocycles. The maximum absolute atomic E-state index is 13.0. The van der Waals surface area contributed by atoms with Gasteiger partial charge in [-0.15, -0.1) is 0 Å². The van der Waals surface area contributed by atoms with Crippen LogP contribution in [0.3, 0.4) is 0 Å². The third kappa shape index (κ3) is 6.65. The number of nitrogens with zero attached hydrogens (tertiary/aromatic N) is 2. The van der Waals surface area contributed by atoms with Crippen LogP contribution < -0.4 is 5.32 Å². The highest BCUT2D eigenvalue weighted by Crippen LogP contribution is 2.29. The molecule has 7 nitrogen and oxygen atoms in total. The average molecular weight is 607 g/mol. The number of halogens is 3. The number of hydrogen-bond donors (Lipinski definition) is 1. The second-order valence-electron chi connectivity index (χ2n) is 9.17. The van der Waals surface area contributed by atoms with E-state index in [4.69, 9.17) is 34.8 Å². The van der Waals surface area contributed by atoms with Crippen molar-refractivity contribution in [2.45, 2.75) is 17.9 Å². The zero-order chi connectivity index (χ0) is 28.3. The third-order valence-corrected chi connectivity index (χ3v) is 9.28. The maximum atomic E-state index is 13.0. The van der Waals surface area contributed by atoms with Crippen LogP contribution in [0.15, 0.2) is 71.6 Å². The van der Waals surface area contributed by atoms with E-state index in [-0.39, 0.29) is 27.9 Å². The average Bonchev–Trinajstić information content (AvgIpc) is 2.93. The highest BCUT2D eigenvalue weighted by atomic mass is 35.5. The summed E-state index contributed by atoms with van der Waals surface area (Å²) < 4.78 is 25.9. The van der Waals surface area contributed by atoms with Gasteiger partial charge >= 0.3 is 0 Å². The molecule has 1 N–H and O–H groups in total. The molecule has 0 aromatic heterocycles. The number of amides is 2. The molecule has 0 unspecified atom stereocenters. The van der Waals surface area contributed by atoms with Gasteiger partial charge in [0.15, 0.2) is 0 Å². The van der Waals surface area contributed by atoms with Gasteiger partial charge in [0.25, 0.3) is 11.8 Å². The summed E-state index contributed by atoms with van der Waals surface area (Å²) in [6.45, 7) is 1.23. The Labute approximate surface area is 243 Å². The summed E-state index contributed by atoms with van der Waals surface area (Å²) >= 11 is 18.3. The Hall–Kier alpha value is -2.88. The zero-order valence-electron chi connectivity index (χ0n) is 21.2. The molecule has 0 bridgehead atoms. The van der Waals surface area contributed by atoms with Gasteiger partial charge in [-0.1, -0.05) is 59.1 Å². The van der Waals surface area contributed by atoms with Crippen molar-refractivity contribution >= 4 is 62.2 Å². The number of rotatable bonds is 7. The minimum atomic E-state index is -3.71. The Morgan fingerprint density at radius 2 is 1.62 bits per heavy atom. The van der Waals surface area contributed by atoms with Crippen LogP contribution in [0.1, 0.15) is 38.3 Å². The van der Waals surface area contributed by atoms with Gasteiger partial charge in [0.1, 0.15) is 0 Å². The van der Waals surface area contributed by atoms with Gasteiger partial charge in [-0.2, -0.15) is 0 Å². The van der Waals surface area contributed by atoms with E-state index in [2.05, 4.69) is 5.32 Å². The molecule has 1 aliphatic rings. The number of benzene rings is 3. The number of nitrogens with one attached hydrogen (secondary N) is 1. The molecule has 0 aliphatic carbocycles. The lowest BCUT2D eigenvalue weighted by Crippen LogP contribution is -2.34. The van der Waals surface area contributed by atoms with Crippen molar-refractivity contribution in [1.29, 1.82) is 0 Å². The summed E-state index contributed by atoms with van der Waals surface area (Å²) in [4.78, 5) is 27.5. The lowest BCUT2D eigenvalue weighted by Gasteiger charge is -2.27.